The van der Waals surface area contributed by atoms with Crippen molar-refractivity contribution in [1.82, 2.24) is 0 Å². The maximum atomic E-state index is 10.5. The van der Waals surface area contributed by atoms with Gasteiger partial charge in [-0.3, -0.25) is 0 Å². The molecular weight excluding hydrogens is 144 g/mol. The fourth-order valence-corrected chi connectivity index (χ4v) is 1.54. The van der Waals surface area contributed by atoms with Crippen molar-refractivity contribution in [3.05, 3.63) is 0 Å². The maximum Gasteiger partial charge on any atom is 0.335 e. The number of aliphatic hydroxyl groups is 1. The third-order valence-corrected chi connectivity index (χ3v) is 2.60. The second kappa shape index (κ2) is 2.48. The molecule has 1 aliphatic rings. The van der Waals surface area contributed by atoms with Crippen LogP contribution in [0, 0.1) is 11.8 Å². The van der Waals surface area contributed by atoms with Gasteiger partial charge in [0.15, 0.2) is 5.60 Å². The Bertz CT molecular complexity index is 168. The molecule has 3 heteroatoms. The lowest BCUT2D eigenvalue weighted by atomic mass is 9.68. The molecule has 0 saturated heterocycles. The molecule has 1 atom stereocenters. The molecule has 1 saturated carbocycles. The van der Waals surface area contributed by atoms with Gasteiger partial charge in [0.2, 0.25) is 0 Å². The van der Waals surface area contributed by atoms with Gasteiger partial charge < -0.3 is 10.2 Å². The highest BCUT2D eigenvalue weighted by Crippen LogP contribution is 2.40. The highest BCUT2D eigenvalue weighted by Gasteiger charge is 2.45. The fraction of sp³-hybridized carbons (Fsp3) is 0.875. The van der Waals surface area contributed by atoms with Crippen LogP contribution in [-0.4, -0.2) is 21.8 Å². The fourth-order valence-electron chi connectivity index (χ4n) is 1.54. The molecule has 0 bridgehead atoms. The first-order chi connectivity index (χ1) is 4.94. The first kappa shape index (κ1) is 8.53. The summed E-state index contributed by atoms with van der Waals surface area (Å²) in [5.41, 5.74) is -1.51. The quantitative estimate of drug-likeness (QED) is 0.627. The van der Waals surface area contributed by atoms with Crippen molar-refractivity contribution < 1.29 is 15.0 Å². The molecule has 0 amide bonds. The molecule has 1 aliphatic carbocycles. The van der Waals surface area contributed by atoms with Crippen LogP contribution in [0.2, 0.25) is 0 Å². The van der Waals surface area contributed by atoms with Crippen molar-refractivity contribution >= 4 is 5.97 Å². The van der Waals surface area contributed by atoms with Crippen LogP contribution in [0.3, 0.4) is 0 Å². The average molecular weight is 158 g/mol. The number of aliphatic carboxylic acids is 1. The monoisotopic (exact) mass is 158 g/mol. The minimum Gasteiger partial charge on any atom is -0.479 e. The van der Waals surface area contributed by atoms with E-state index in [1.165, 1.54) is 6.92 Å². The van der Waals surface area contributed by atoms with Crippen molar-refractivity contribution in [2.75, 3.05) is 0 Å². The molecular formula is C8H14O3. The molecule has 1 fully saturated rings. The predicted molar refractivity (Wildman–Crippen MR) is 40.1 cm³/mol. The van der Waals surface area contributed by atoms with E-state index >= 15 is 0 Å². The topological polar surface area (TPSA) is 57.5 Å². The first-order valence-corrected chi connectivity index (χ1v) is 3.90. The summed E-state index contributed by atoms with van der Waals surface area (Å²) in [7, 11) is 0. The van der Waals surface area contributed by atoms with Crippen LogP contribution >= 0.6 is 0 Å². The normalized spacial score (nSPS) is 35.5. The van der Waals surface area contributed by atoms with E-state index in [2.05, 4.69) is 6.92 Å². The van der Waals surface area contributed by atoms with Gasteiger partial charge in [0.05, 0.1) is 0 Å². The van der Waals surface area contributed by atoms with Crippen LogP contribution in [0.4, 0.5) is 0 Å². The Balaban J connectivity index is 2.53. The van der Waals surface area contributed by atoms with Gasteiger partial charge in [-0.1, -0.05) is 6.92 Å². The van der Waals surface area contributed by atoms with E-state index in [1.54, 1.807) is 0 Å². The summed E-state index contributed by atoms with van der Waals surface area (Å²) in [6.07, 6.45) is 1.67. The number of rotatable bonds is 2. The number of hydrogen-bond donors (Lipinski definition) is 2. The van der Waals surface area contributed by atoms with Gasteiger partial charge in [-0.05, 0) is 31.6 Å². The SMILES string of the molecule is CC1CC(C(C)(O)C(=O)O)C1. The van der Waals surface area contributed by atoms with Crippen molar-refractivity contribution in [2.24, 2.45) is 11.8 Å². The lowest BCUT2D eigenvalue weighted by Crippen LogP contribution is -2.48. The number of hydrogen-bond acceptors (Lipinski definition) is 2. The standard InChI is InChI=1S/C8H14O3/c1-5-3-6(4-5)8(2,11)7(9)10/h5-6,11H,3-4H2,1-2H3,(H,9,10). The Hall–Kier alpha value is -0.570. The number of carbonyl (C=O) groups is 1. The van der Waals surface area contributed by atoms with Gasteiger partial charge in [0.25, 0.3) is 0 Å². The molecule has 0 aromatic heterocycles. The van der Waals surface area contributed by atoms with Crippen LogP contribution in [-0.2, 0) is 4.79 Å². The van der Waals surface area contributed by atoms with E-state index < -0.39 is 11.6 Å². The second-order valence-electron chi connectivity index (χ2n) is 3.73. The molecule has 0 aromatic carbocycles. The molecule has 0 aromatic rings. The zero-order valence-electron chi connectivity index (χ0n) is 6.87. The largest absolute Gasteiger partial charge is 0.479 e. The Morgan fingerprint density at radius 2 is 2.00 bits per heavy atom. The van der Waals surface area contributed by atoms with E-state index in [0.29, 0.717) is 5.92 Å². The summed E-state index contributed by atoms with van der Waals surface area (Å²) in [6, 6.07) is 0. The van der Waals surface area contributed by atoms with Crippen molar-refractivity contribution in [3.8, 4) is 0 Å². The van der Waals surface area contributed by atoms with E-state index in [-0.39, 0.29) is 5.92 Å². The summed E-state index contributed by atoms with van der Waals surface area (Å²) < 4.78 is 0. The molecule has 11 heavy (non-hydrogen) atoms. The van der Waals surface area contributed by atoms with Crippen molar-refractivity contribution in [2.45, 2.75) is 32.3 Å². The highest BCUT2D eigenvalue weighted by molar-refractivity contribution is 5.77. The molecule has 2 N–H and O–H groups in total. The molecule has 64 valence electrons. The van der Waals surface area contributed by atoms with E-state index in [0.717, 1.165) is 12.8 Å². The van der Waals surface area contributed by atoms with Crippen LogP contribution in [0.25, 0.3) is 0 Å². The summed E-state index contributed by atoms with van der Waals surface area (Å²) in [6.45, 7) is 3.44. The number of carboxylic acids is 1. The lowest BCUT2D eigenvalue weighted by molar-refractivity contribution is -0.168. The first-order valence-electron chi connectivity index (χ1n) is 3.90. The molecule has 1 unspecified atom stereocenters. The molecule has 0 aliphatic heterocycles. The van der Waals surface area contributed by atoms with E-state index in [4.69, 9.17) is 5.11 Å². The van der Waals surface area contributed by atoms with Crippen LogP contribution in [0.5, 0.6) is 0 Å². The molecule has 0 heterocycles. The van der Waals surface area contributed by atoms with Crippen LogP contribution in [0.15, 0.2) is 0 Å². The summed E-state index contributed by atoms with van der Waals surface area (Å²) in [5.74, 6) is -0.574. The lowest BCUT2D eigenvalue weighted by Gasteiger charge is -2.40. The van der Waals surface area contributed by atoms with Crippen molar-refractivity contribution in [3.63, 3.8) is 0 Å². The Labute approximate surface area is 66.0 Å². The highest BCUT2D eigenvalue weighted by atomic mass is 16.4. The van der Waals surface area contributed by atoms with E-state index in [9.17, 15) is 9.90 Å². The third kappa shape index (κ3) is 1.38. The van der Waals surface area contributed by atoms with Crippen LogP contribution in [0.1, 0.15) is 26.7 Å². The second-order valence-corrected chi connectivity index (χ2v) is 3.73. The van der Waals surface area contributed by atoms with Gasteiger partial charge in [-0.15, -0.1) is 0 Å². The summed E-state index contributed by atoms with van der Waals surface area (Å²) in [4.78, 5) is 10.5. The zero-order valence-corrected chi connectivity index (χ0v) is 6.87. The van der Waals surface area contributed by atoms with E-state index in [1.807, 2.05) is 0 Å². The maximum absolute atomic E-state index is 10.5. The molecule has 3 nitrogen and oxygen atoms in total. The van der Waals surface area contributed by atoms with Gasteiger partial charge in [0, 0.05) is 0 Å². The number of carboxylic acid groups (broad SMARTS) is 1. The molecule has 0 radical (unpaired) electrons. The Morgan fingerprint density at radius 3 is 2.27 bits per heavy atom. The minimum atomic E-state index is -1.51. The minimum absolute atomic E-state index is 0.0463. The summed E-state index contributed by atoms with van der Waals surface area (Å²) in [5, 5.41) is 18.0. The van der Waals surface area contributed by atoms with Gasteiger partial charge >= 0.3 is 5.97 Å². The van der Waals surface area contributed by atoms with Crippen molar-refractivity contribution in [1.29, 1.82) is 0 Å². The van der Waals surface area contributed by atoms with Gasteiger partial charge in [-0.25, -0.2) is 4.79 Å². The predicted octanol–water partition coefficient (Wildman–Crippen LogP) is 0.868. The average Bonchev–Trinajstić information content (AvgIpc) is 1.80. The molecule has 1 rings (SSSR count). The zero-order chi connectivity index (χ0) is 8.65. The Kier molecular flexibility index (Phi) is 1.92. The van der Waals surface area contributed by atoms with Gasteiger partial charge in [-0.2, -0.15) is 0 Å². The molecule has 0 spiro atoms. The summed E-state index contributed by atoms with van der Waals surface area (Å²) >= 11 is 0. The Morgan fingerprint density at radius 1 is 1.55 bits per heavy atom. The third-order valence-electron chi connectivity index (χ3n) is 2.60. The smallest absolute Gasteiger partial charge is 0.335 e. The van der Waals surface area contributed by atoms with Gasteiger partial charge in [0.1, 0.15) is 0 Å². The van der Waals surface area contributed by atoms with Crippen LogP contribution < -0.4 is 0 Å².